The predicted octanol–water partition coefficient (Wildman–Crippen LogP) is 5.37. The molecule has 2 aromatic rings. The van der Waals surface area contributed by atoms with Gasteiger partial charge in [0.05, 0.1) is 5.56 Å². The van der Waals surface area contributed by atoms with E-state index in [2.05, 4.69) is 0 Å². The number of anilines is 1. The van der Waals surface area contributed by atoms with Gasteiger partial charge in [0, 0.05) is 35.7 Å². The van der Waals surface area contributed by atoms with Crippen molar-refractivity contribution < 1.29 is 27.2 Å². The highest BCUT2D eigenvalue weighted by molar-refractivity contribution is 6.07. The molecule has 150 valence electrons. The number of carbonyl (C=O) groups is 2. The minimum atomic E-state index is -4.54. The summed E-state index contributed by atoms with van der Waals surface area (Å²) in [5.74, 6) is -1.62. The van der Waals surface area contributed by atoms with Crippen LogP contribution in [0.15, 0.2) is 59.8 Å². The zero-order valence-corrected chi connectivity index (χ0v) is 15.3. The van der Waals surface area contributed by atoms with Crippen molar-refractivity contribution in [3.8, 4) is 0 Å². The summed E-state index contributed by atoms with van der Waals surface area (Å²) >= 11 is 0. The molecule has 0 saturated heterocycles. The Labute approximate surface area is 164 Å². The molecule has 2 aromatic carbocycles. The maximum absolute atomic E-state index is 13.7. The standard InChI is InChI=1S/C22H17F4NO2/c23-15-6-1-4-13(10-15)17-12-20(29)27(18-8-3-9-19(28)21(17)18)16-7-2-5-14(11-16)22(24,25)26/h1-2,4-7,10-11,17H,3,8-9,12H2. The number of hydrogen-bond acceptors (Lipinski definition) is 2. The summed E-state index contributed by atoms with van der Waals surface area (Å²) in [6, 6.07) is 10.3. The molecule has 1 unspecified atom stereocenters. The third-order valence-electron chi connectivity index (χ3n) is 5.36. The van der Waals surface area contributed by atoms with Crippen molar-refractivity contribution in [3.05, 3.63) is 76.7 Å². The molecule has 0 fully saturated rings. The Morgan fingerprint density at radius 3 is 2.45 bits per heavy atom. The lowest BCUT2D eigenvalue weighted by atomic mass is 9.77. The highest BCUT2D eigenvalue weighted by Crippen LogP contribution is 2.44. The van der Waals surface area contributed by atoms with Crippen LogP contribution in [0.1, 0.15) is 42.7 Å². The molecular formula is C22H17F4NO2. The molecule has 0 spiro atoms. The monoisotopic (exact) mass is 403 g/mol. The minimum absolute atomic E-state index is 0.0877. The van der Waals surface area contributed by atoms with Gasteiger partial charge in [-0.15, -0.1) is 0 Å². The number of benzene rings is 2. The summed E-state index contributed by atoms with van der Waals surface area (Å²) in [5, 5.41) is 0. The van der Waals surface area contributed by atoms with Crippen molar-refractivity contribution in [3.63, 3.8) is 0 Å². The molecule has 0 bridgehead atoms. The van der Waals surface area contributed by atoms with Gasteiger partial charge in [0.25, 0.3) is 0 Å². The molecule has 3 nitrogen and oxygen atoms in total. The summed E-state index contributed by atoms with van der Waals surface area (Å²) in [7, 11) is 0. The molecule has 29 heavy (non-hydrogen) atoms. The molecule has 7 heteroatoms. The fourth-order valence-corrected chi connectivity index (χ4v) is 4.12. The quantitative estimate of drug-likeness (QED) is 0.632. The molecule has 1 aliphatic carbocycles. The van der Waals surface area contributed by atoms with E-state index in [0.717, 1.165) is 12.1 Å². The third kappa shape index (κ3) is 3.57. The second-order valence-electron chi connectivity index (χ2n) is 7.23. The summed E-state index contributed by atoms with van der Waals surface area (Å²) in [6.07, 6.45) is -3.44. The molecule has 0 aromatic heterocycles. The Balaban J connectivity index is 1.85. The average molecular weight is 403 g/mol. The van der Waals surface area contributed by atoms with Gasteiger partial charge in [-0.1, -0.05) is 18.2 Å². The van der Waals surface area contributed by atoms with Crippen LogP contribution < -0.4 is 4.90 Å². The lowest BCUT2D eigenvalue weighted by Crippen LogP contribution is -2.40. The van der Waals surface area contributed by atoms with E-state index < -0.39 is 29.4 Å². The number of hydrogen-bond donors (Lipinski definition) is 0. The van der Waals surface area contributed by atoms with Gasteiger partial charge in [0.15, 0.2) is 5.78 Å². The second kappa shape index (κ2) is 7.13. The van der Waals surface area contributed by atoms with Crippen molar-refractivity contribution in [1.29, 1.82) is 0 Å². The van der Waals surface area contributed by atoms with Gasteiger partial charge in [-0.2, -0.15) is 13.2 Å². The Bertz CT molecular complexity index is 1030. The van der Waals surface area contributed by atoms with Crippen molar-refractivity contribution in [2.45, 2.75) is 37.8 Å². The summed E-state index contributed by atoms with van der Waals surface area (Å²) in [4.78, 5) is 27.0. The van der Waals surface area contributed by atoms with Crippen LogP contribution in [-0.4, -0.2) is 11.7 Å². The zero-order chi connectivity index (χ0) is 20.8. The molecule has 0 radical (unpaired) electrons. The fourth-order valence-electron chi connectivity index (χ4n) is 4.12. The number of Topliss-reactive ketones (excluding diaryl/α,β-unsaturated/α-hetero) is 1. The Morgan fingerprint density at radius 2 is 1.72 bits per heavy atom. The van der Waals surface area contributed by atoms with Crippen LogP contribution >= 0.6 is 0 Å². The van der Waals surface area contributed by atoms with E-state index in [9.17, 15) is 27.2 Å². The summed E-state index contributed by atoms with van der Waals surface area (Å²) in [5.41, 5.74) is 0.568. The normalized spacial score (nSPS) is 20.1. The average Bonchev–Trinajstić information content (AvgIpc) is 2.67. The zero-order valence-electron chi connectivity index (χ0n) is 15.3. The molecule has 1 amide bonds. The number of rotatable bonds is 2. The molecule has 4 rings (SSSR count). The first kappa shape index (κ1) is 19.4. The molecule has 2 aliphatic rings. The number of nitrogens with zero attached hydrogens (tertiary/aromatic N) is 1. The van der Waals surface area contributed by atoms with Crippen molar-refractivity contribution >= 4 is 17.4 Å². The van der Waals surface area contributed by atoms with E-state index in [1.165, 1.54) is 35.2 Å². The van der Waals surface area contributed by atoms with E-state index in [4.69, 9.17) is 0 Å². The van der Waals surface area contributed by atoms with Gasteiger partial charge in [-0.3, -0.25) is 14.5 Å². The first-order valence-electron chi connectivity index (χ1n) is 9.27. The molecule has 0 N–H and O–H groups in total. The van der Waals surface area contributed by atoms with E-state index in [1.54, 1.807) is 6.07 Å². The number of carbonyl (C=O) groups excluding carboxylic acids is 2. The maximum atomic E-state index is 13.7. The maximum Gasteiger partial charge on any atom is 0.416 e. The first-order chi connectivity index (χ1) is 13.8. The van der Waals surface area contributed by atoms with Gasteiger partial charge in [-0.05, 0) is 48.7 Å². The van der Waals surface area contributed by atoms with Gasteiger partial charge in [0.1, 0.15) is 5.82 Å². The molecule has 0 saturated carbocycles. The van der Waals surface area contributed by atoms with E-state index in [0.29, 0.717) is 36.1 Å². The number of alkyl halides is 3. The molecular weight excluding hydrogens is 386 g/mol. The number of ketones is 1. The molecule has 1 atom stereocenters. The van der Waals surface area contributed by atoms with Crippen LogP contribution in [0.5, 0.6) is 0 Å². The number of halogens is 4. The van der Waals surface area contributed by atoms with Crippen molar-refractivity contribution in [2.24, 2.45) is 0 Å². The van der Waals surface area contributed by atoms with Crippen LogP contribution in [0.2, 0.25) is 0 Å². The Kier molecular flexibility index (Phi) is 4.76. The van der Waals surface area contributed by atoms with E-state index in [-0.39, 0.29) is 17.9 Å². The van der Waals surface area contributed by atoms with Crippen LogP contribution in [0.25, 0.3) is 0 Å². The topological polar surface area (TPSA) is 37.4 Å². The van der Waals surface area contributed by atoms with Crippen LogP contribution in [-0.2, 0) is 15.8 Å². The summed E-state index contributed by atoms with van der Waals surface area (Å²) < 4.78 is 53.2. The van der Waals surface area contributed by atoms with Crippen LogP contribution in [0, 0.1) is 5.82 Å². The first-order valence-corrected chi connectivity index (χ1v) is 9.27. The van der Waals surface area contributed by atoms with Crippen molar-refractivity contribution in [2.75, 3.05) is 4.90 Å². The lowest BCUT2D eigenvalue weighted by Gasteiger charge is -2.38. The Morgan fingerprint density at radius 1 is 0.966 bits per heavy atom. The number of amides is 1. The van der Waals surface area contributed by atoms with Crippen molar-refractivity contribution in [1.82, 2.24) is 0 Å². The molecule has 1 heterocycles. The van der Waals surface area contributed by atoms with Crippen LogP contribution in [0.4, 0.5) is 23.2 Å². The smallest absolute Gasteiger partial charge is 0.294 e. The van der Waals surface area contributed by atoms with Crippen LogP contribution in [0.3, 0.4) is 0 Å². The molecule has 1 aliphatic heterocycles. The van der Waals surface area contributed by atoms with Gasteiger partial charge < -0.3 is 0 Å². The van der Waals surface area contributed by atoms with E-state index >= 15 is 0 Å². The fraction of sp³-hybridized carbons (Fsp3) is 0.273. The minimum Gasteiger partial charge on any atom is -0.294 e. The van der Waals surface area contributed by atoms with Gasteiger partial charge in [0.2, 0.25) is 5.91 Å². The highest BCUT2D eigenvalue weighted by atomic mass is 19.4. The third-order valence-corrected chi connectivity index (χ3v) is 5.36. The van der Waals surface area contributed by atoms with Gasteiger partial charge >= 0.3 is 6.18 Å². The second-order valence-corrected chi connectivity index (χ2v) is 7.23. The SMILES string of the molecule is O=C1CCCC2=C1C(c1cccc(F)c1)CC(=O)N2c1cccc(C(F)(F)F)c1. The summed E-state index contributed by atoms with van der Waals surface area (Å²) in [6.45, 7) is 0. The van der Waals surface area contributed by atoms with Gasteiger partial charge in [-0.25, -0.2) is 4.39 Å². The highest BCUT2D eigenvalue weighted by Gasteiger charge is 2.40. The number of allylic oxidation sites excluding steroid dienone is 2. The Hall–Kier alpha value is -2.96. The lowest BCUT2D eigenvalue weighted by molar-refractivity contribution is -0.137. The van der Waals surface area contributed by atoms with E-state index in [1.807, 2.05) is 0 Å². The predicted molar refractivity (Wildman–Crippen MR) is 98.6 cm³/mol. The largest absolute Gasteiger partial charge is 0.416 e.